The predicted octanol–water partition coefficient (Wildman–Crippen LogP) is 3.56. The van der Waals surface area contributed by atoms with Crippen molar-refractivity contribution in [2.75, 3.05) is 6.26 Å². The lowest BCUT2D eigenvalue weighted by atomic mass is 10.0. The van der Waals surface area contributed by atoms with E-state index >= 15 is 0 Å². The zero-order valence-electron chi connectivity index (χ0n) is 11.2. The number of benzene rings is 1. The van der Waals surface area contributed by atoms with Crippen LogP contribution in [0.15, 0.2) is 24.4 Å². The van der Waals surface area contributed by atoms with E-state index in [4.69, 9.17) is 16.9 Å². The number of carbonyl (C=O) groups excluding carboxylic acids is 1. The monoisotopic (exact) mass is 339 g/mol. The minimum Gasteiger partial charge on any atom is -0.296 e. The number of pyridine rings is 1. The fraction of sp³-hybridized carbons (Fsp3) is 0.0714. The van der Waals surface area contributed by atoms with Gasteiger partial charge in [0, 0.05) is 28.6 Å². The SMILES string of the molecule is CSNC(=O)c1cc(Cl)c(-c2cnc(F)c(C#N)c2)cc1F. The molecule has 1 amide bonds. The summed E-state index contributed by atoms with van der Waals surface area (Å²) in [5, 5.41) is 8.89. The van der Waals surface area contributed by atoms with Crippen molar-refractivity contribution < 1.29 is 13.6 Å². The fourth-order valence-electron chi connectivity index (χ4n) is 1.76. The Bertz CT molecular complexity index is 792. The Morgan fingerprint density at radius 1 is 1.41 bits per heavy atom. The summed E-state index contributed by atoms with van der Waals surface area (Å²) in [7, 11) is 0. The number of halogens is 3. The van der Waals surface area contributed by atoms with Gasteiger partial charge in [0.15, 0.2) is 0 Å². The summed E-state index contributed by atoms with van der Waals surface area (Å²) in [6, 6.07) is 5.08. The number of nitrogens with one attached hydrogen (secondary N) is 1. The molecular formula is C14H8ClF2N3OS. The molecule has 0 aliphatic carbocycles. The first-order valence-corrected chi connectivity index (χ1v) is 7.46. The van der Waals surface area contributed by atoms with Gasteiger partial charge < -0.3 is 0 Å². The second-order valence-electron chi connectivity index (χ2n) is 4.12. The molecule has 8 heteroatoms. The van der Waals surface area contributed by atoms with Crippen molar-refractivity contribution in [3.8, 4) is 17.2 Å². The van der Waals surface area contributed by atoms with Crippen LogP contribution in [0.5, 0.6) is 0 Å². The van der Waals surface area contributed by atoms with Crippen LogP contribution in [0.2, 0.25) is 5.02 Å². The molecular weight excluding hydrogens is 332 g/mol. The lowest BCUT2D eigenvalue weighted by Gasteiger charge is -2.09. The minimum absolute atomic E-state index is 0.0879. The Balaban J connectivity index is 2.52. The Morgan fingerprint density at radius 2 is 2.14 bits per heavy atom. The first-order valence-electron chi connectivity index (χ1n) is 5.86. The standard InChI is InChI=1S/C14H8ClF2N3OS/c1-22-20-14(21)10-3-11(15)9(4-12(10)16)8-2-7(5-18)13(17)19-6-8/h2-4,6H,1H3,(H,20,21). The van der Waals surface area contributed by atoms with Crippen LogP contribution in [-0.4, -0.2) is 17.1 Å². The highest BCUT2D eigenvalue weighted by atomic mass is 35.5. The van der Waals surface area contributed by atoms with Gasteiger partial charge in [-0.1, -0.05) is 23.5 Å². The van der Waals surface area contributed by atoms with E-state index in [0.29, 0.717) is 0 Å². The first kappa shape index (κ1) is 16.2. The molecule has 0 fully saturated rings. The van der Waals surface area contributed by atoms with E-state index in [0.717, 1.165) is 24.2 Å². The Kier molecular flexibility index (Phi) is 4.96. The van der Waals surface area contributed by atoms with Crippen LogP contribution in [-0.2, 0) is 0 Å². The summed E-state index contributed by atoms with van der Waals surface area (Å²) in [6.07, 6.45) is 2.76. The van der Waals surface area contributed by atoms with Crippen molar-refractivity contribution in [3.05, 3.63) is 52.3 Å². The molecule has 0 radical (unpaired) electrons. The van der Waals surface area contributed by atoms with Gasteiger partial charge in [0.1, 0.15) is 17.4 Å². The van der Waals surface area contributed by atoms with E-state index in [2.05, 4.69) is 9.71 Å². The molecule has 0 aliphatic heterocycles. The fourth-order valence-corrected chi connectivity index (χ4v) is 2.33. The first-order chi connectivity index (χ1) is 10.5. The van der Waals surface area contributed by atoms with E-state index in [1.807, 2.05) is 0 Å². The van der Waals surface area contributed by atoms with Crippen molar-refractivity contribution >= 4 is 29.5 Å². The summed E-state index contributed by atoms with van der Waals surface area (Å²) in [4.78, 5) is 15.1. The molecule has 0 unspecified atom stereocenters. The zero-order chi connectivity index (χ0) is 16.3. The third-order valence-corrected chi connectivity index (χ3v) is 3.47. The molecule has 1 heterocycles. The van der Waals surface area contributed by atoms with Crippen LogP contribution in [0.4, 0.5) is 8.78 Å². The number of nitrogens with zero attached hydrogens (tertiary/aromatic N) is 2. The van der Waals surface area contributed by atoms with Crippen molar-refractivity contribution in [3.63, 3.8) is 0 Å². The van der Waals surface area contributed by atoms with Crippen molar-refractivity contribution in [1.29, 1.82) is 5.26 Å². The lowest BCUT2D eigenvalue weighted by Crippen LogP contribution is -2.17. The van der Waals surface area contributed by atoms with Gasteiger partial charge in [-0.25, -0.2) is 9.37 Å². The van der Waals surface area contributed by atoms with Gasteiger partial charge >= 0.3 is 0 Å². The highest BCUT2D eigenvalue weighted by Crippen LogP contribution is 2.31. The summed E-state index contributed by atoms with van der Waals surface area (Å²) in [5.41, 5.74) is -0.000558. The van der Waals surface area contributed by atoms with Gasteiger partial charge in [-0.2, -0.15) is 9.65 Å². The topological polar surface area (TPSA) is 65.8 Å². The maximum atomic E-state index is 14.1. The average Bonchev–Trinajstić information content (AvgIpc) is 2.50. The summed E-state index contributed by atoms with van der Waals surface area (Å²) in [5.74, 6) is -2.32. The second-order valence-corrected chi connectivity index (χ2v) is 5.14. The van der Waals surface area contributed by atoms with E-state index in [1.54, 1.807) is 12.3 Å². The number of aromatic nitrogens is 1. The number of hydrogen-bond acceptors (Lipinski definition) is 4. The molecule has 112 valence electrons. The van der Waals surface area contributed by atoms with Gasteiger partial charge in [-0.3, -0.25) is 9.52 Å². The lowest BCUT2D eigenvalue weighted by molar-refractivity contribution is 0.0980. The number of nitriles is 1. The number of carbonyl (C=O) groups is 1. The highest BCUT2D eigenvalue weighted by Gasteiger charge is 2.17. The number of rotatable bonds is 3. The third-order valence-electron chi connectivity index (χ3n) is 2.77. The molecule has 0 saturated carbocycles. The maximum absolute atomic E-state index is 14.1. The van der Waals surface area contributed by atoms with Crippen LogP contribution < -0.4 is 4.72 Å². The molecule has 0 bridgehead atoms. The predicted molar refractivity (Wildman–Crippen MR) is 80.3 cm³/mol. The van der Waals surface area contributed by atoms with Crippen molar-refractivity contribution in [1.82, 2.24) is 9.71 Å². The summed E-state index contributed by atoms with van der Waals surface area (Å²) < 4.78 is 29.7. The van der Waals surface area contributed by atoms with Gasteiger partial charge in [0.2, 0.25) is 5.95 Å². The van der Waals surface area contributed by atoms with E-state index in [-0.39, 0.29) is 27.3 Å². The molecule has 4 nitrogen and oxygen atoms in total. The molecule has 2 aromatic rings. The maximum Gasteiger partial charge on any atom is 0.264 e. The van der Waals surface area contributed by atoms with Crippen LogP contribution in [0, 0.1) is 23.1 Å². The average molecular weight is 340 g/mol. The summed E-state index contributed by atoms with van der Waals surface area (Å²) >= 11 is 7.09. The van der Waals surface area contributed by atoms with Crippen LogP contribution in [0.1, 0.15) is 15.9 Å². The van der Waals surface area contributed by atoms with Gasteiger partial charge in [0.25, 0.3) is 5.91 Å². The van der Waals surface area contributed by atoms with Crippen LogP contribution >= 0.6 is 23.5 Å². The smallest absolute Gasteiger partial charge is 0.264 e. The van der Waals surface area contributed by atoms with Gasteiger partial charge in [0.05, 0.1) is 5.56 Å². The van der Waals surface area contributed by atoms with E-state index < -0.39 is 17.7 Å². The largest absolute Gasteiger partial charge is 0.296 e. The quantitative estimate of drug-likeness (QED) is 0.686. The third kappa shape index (κ3) is 3.18. The van der Waals surface area contributed by atoms with E-state index in [1.165, 1.54) is 12.1 Å². The molecule has 0 spiro atoms. The molecule has 2 rings (SSSR count). The Labute approximate surface area is 134 Å². The van der Waals surface area contributed by atoms with Gasteiger partial charge in [-0.15, -0.1) is 0 Å². The number of hydrogen-bond donors (Lipinski definition) is 1. The van der Waals surface area contributed by atoms with Crippen molar-refractivity contribution in [2.45, 2.75) is 0 Å². The van der Waals surface area contributed by atoms with Crippen LogP contribution in [0.25, 0.3) is 11.1 Å². The second kappa shape index (κ2) is 6.73. The molecule has 0 aliphatic rings. The zero-order valence-corrected chi connectivity index (χ0v) is 12.7. The summed E-state index contributed by atoms with van der Waals surface area (Å²) in [6.45, 7) is 0. The Hall–Kier alpha value is -2.17. The Morgan fingerprint density at radius 3 is 2.77 bits per heavy atom. The van der Waals surface area contributed by atoms with Gasteiger partial charge in [-0.05, 0) is 18.2 Å². The molecule has 0 atom stereocenters. The molecule has 1 aromatic carbocycles. The van der Waals surface area contributed by atoms with Crippen molar-refractivity contribution in [2.24, 2.45) is 0 Å². The van der Waals surface area contributed by atoms with Crippen LogP contribution in [0.3, 0.4) is 0 Å². The highest BCUT2D eigenvalue weighted by molar-refractivity contribution is 7.97. The minimum atomic E-state index is -0.918. The normalized spacial score (nSPS) is 10.1. The number of amides is 1. The van der Waals surface area contributed by atoms with E-state index in [9.17, 15) is 13.6 Å². The molecule has 0 saturated heterocycles. The molecule has 1 aromatic heterocycles. The molecule has 22 heavy (non-hydrogen) atoms. The molecule has 1 N–H and O–H groups in total.